The number of aryl methyl sites for hydroxylation is 1. The largest absolute Gasteiger partial charge is 0.338 e. The van der Waals surface area contributed by atoms with Crippen molar-refractivity contribution in [3.05, 3.63) is 64.7 Å². The van der Waals surface area contributed by atoms with Gasteiger partial charge in [0.25, 0.3) is 0 Å². The van der Waals surface area contributed by atoms with Gasteiger partial charge < -0.3 is 4.90 Å². The Bertz CT molecular complexity index is 907. The highest BCUT2D eigenvalue weighted by atomic mass is 32.2. The summed E-state index contributed by atoms with van der Waals surface area (Å²) in [6.07, 6.45) is 0.756. The van der Waals surface area contributed by atoms with Crippen molar-refractivity contribution in [1.82, 2.24) is 9.62 Å². The Kier molecular flexibility index (Phi) is 4.92. The number of nitrogens with one attached hydrogen (secondary N) is 1. The Hall–Kier alpha value is -2.18. The molecule has 6 heteroatoms. The van der Waals surface area contributed by atoms with Crippen LogP contribution in [0.25, 0.3) is 0 Å². The van der Waals surface area contributed by atoms with E-state index in [9.17, 15) is 13.2 Å². The molecule has 2 aromatic carbocycles. The predicted octanol–water partition coefficient (Wildman–Crippen LogP) is 2.38. The number of fused-ring (bicyclic) bond motifs is 1. The molecule has 0 atom stereocenters. The van der Waals surface area contributed by atoms with E-state index in [4.69, 9.17) is 0 Å². The molecule has 25 heavy (non-hydrogen) atoms. The maximum Gasteiger partial charge on any atom is 0.240 e. The zero-order valence-electron chi connectivity index (χ0n) is 14.5. The normalized spacial score (nSPS) is 14.2. The fourth-order valence-electron chi connectivity index (χ4n) is 3.03. The van der Waals surface area contributed by atoms with E-state index in [0.29, 0.717) is 13.1 Å². The Labute approximate surface area is 148 Å². The Morgan fingerprint density at radius 3 is 2.64 bits per heavy atom. The summed E-state index contributed by atoms with van der Waals surface area (Å²) >= 11 is 0. The van der Waals surface area contributed by atoms with Crippen LogP contribution in [0.5, 0.6) is 0 Å². The molecule has 1 aliphatic rings. The average Bonchev–Trinajstić information content (AvgIpc) is 2.60. The number of sulfonamides is 1. The van der Waals surface area contributed by atoms with E-state index < -0.39 is 10.0 Å². The third-order valence-electron chi connectivity index (χ3n) is 4.66. The molecule has 0 saturated heterocycles. The topological polar surface area (TPSA) is 66.5 Å². The lowest BCUT2D eigenvalue weighted by atomic mass is 10.00. The highest BCUT2D eigenvalue weighted by Gasteiger charge is 2.21. The second kappa shape index (κ2) is 6.98. The first-order chi connectivity index (χ1) is 11.9. The van der Waals surface area contributed by atoms with E-state index in [1.165, 1.54) is 6.92 Å². The average molecular weight is 358 g/mol. The lowest BCUT2D eigenvalue weighted by Crippen LogP contribution is -2.34. The molecule has 0 saturated carbocycles. The van der Waals surface area contributed by atoms with E-state index in [-0.39, 0.29) is 17.3 Å². The Morgan fingerprint density at radius 1 is 1.16 bits per heavy atom. The van der Waals surface area contributed by atoms with Gasteiger partial charge in [-0.3, -0.25) is 4.79 Å². The number of rotatable bonds is 4. The van der Waals surface area contributed by atoms with Gasteiger partial charge in [0.1, 0.15) is 0 Å². The first-order valence-corrected chi connectivity index (χ1v) is 9.76. The van der Waals surface area contributed by atoms with Crippen LogP contribution < -0.4 is 4.72 Å². The van der Waals surface area contributed by atoms with Crippen molar-refractivity contribution < 1.29 is 13.2 Å². The number of hydrogen-bond donors (Lipinski definition) is 1. The summed E-state index contributed by atoms with van der Waals surface area (Å²) in [5, 5.41) is 0. The van der Waals surface area contributed by atoms with Crippen LogP contribution in [0.2, 0.25) is 0 Å². The maximum absolute atomic E-state index is 12.6. The predicted molar refractivity (Wildman–Crippen MR) is 96.4 cm³/mol. The molecule has 5 nitrogen and oxygen atoms in total. The van der Waals surface area contributed by atoms with E-state index in [2.05, 4.69) is 4.72 Å². The van der Waals surface area contributed by atoms with Gasteiger partial charge in [-0.15, -0.1) is 0 Å². The van der Waals surface area contributed by atoms with Gasteiger partial charge in [0.05, 0.1) is 4.90 Å². The smallest absolute Gasteiger partial charge is 0.240 e. The molecule has 0 bridgehead atoms. The van der Waals surface area contributed by atoms with Crippen LogP contribution in [0.15, 0.2) is 47.4 Å². The zero-order valence-corrected chi connectivity index (χ0v) is 15.3. The molecule has 1 N–H and O–H groups in total. The molecular formula is C19H22N2O3S. The minimum Gasteiger partial charge on any atom is -0.338 e. The van der Waals surface area contributed by atoms with Gasteiger partial charge in [-0.05, 0) is 47.7 Å². The summed E-state index contributed by atoms with van der Waals surface area (Å²) in [5.41, 5.74) is 4.01. The van der Waals surface area contributed by atoms with Gasteiger partial charge in [0, 0.05) is 26.6 Å². The molecular weight excluding hydrogens is 336 g/mol. The highest BCUT2D eigenvalue weighted by molar-refractivity contribution is 7.89. The van der Waals surface area contributed by atoms with E-state index >= 15 is 0 Å². The molecule has 0 spiro atoms. The standard InChI is InChI=1S/C19H22N2O3S/c1-14-5-3-4-6-17(14)12-20-25(23,24)19-8-7-16-9-10-21(15(2)22)13-18(16)11-19/h3-8,11,20H,9-10,12-13H2,1-2H3. The maximum atomic E-state index is 12.6. The minimum atomic E-state index is -3.60. The molecule has 0 aliphatic carbocycles. The lowest BCUT2D eigenvalue weighted by Gasteiger charge is -2.28. The number of hydrogen-bond acceptors (Lipinski definition) is 3. The summed E-state index contributed by atoms with van der Waals surface area (Å²) < 4.78 is 27.9. The highest BCUT2D eigenvalue weighted by Crippen LogP contribution is 2.23. The number of amides is 1. The van der Waals surface area contributed by atoms with Crippen LogP contribution in [0.3, 0.4) is 0 Å². The van der Waals surface area contributed by atoms with Crippen LogP contribution in [-0.4, -0.2) is 25.8 Å². The summed E-state index contributed by atoms with van der Waals surface area (Å²) in [7, 11) is -3.60. The lowest BCUT2D eigenvalue weighted by molar-refractivity contribution is -0.129. The van der Waals surface area contributed by atoms with Crippen LogP contribution >= 0.6 is 0 Å². The number of carbonyl (C=O) groups excluding carboxylic acids is 1. The van der Waals surface area contributed by atoms with Gasteiger partial charge in [0.15, 0.2) is 0 Å². The molecule has 1 heterocycles. The monoisotopic (exact) mass is 358 g/mol. The molecule has 132 valence electrons. The molecule has 0 fully saturated rings. The minimum absolute atomic E-state index is 0.0107. The molecule has 0 radical (unpaired) electrons. The van der Waals surface area contributed by atoms with Gasteiger partial charge in [-0.2, -0.15) is 0 Å². The summed E-state index contributed by atoms with van der Waals surface area (Å²) in [6, 6.07) is 12.9. The molecule has 0 aromatic heterocycles. The van der Waals surface area contributed by atoms with E-state index in [0.717, 1.165) is 28.7 Å². The van der Waals surface area contributed by atoms with E-state index in [1.807, 2.05) is 37.3 Å². The molecule has 2 aromatic rings. The van der Waals surface area contributed by atoms with Crippen LogP contribution in [0.1, 0.15) is 29.2 Å². The summed E-state index contributed by atoms with van der Waals surface area (Å²) in [6.45, 7) is 4.89. The van der Waals surface area contributed by atoms with Crippen molar-refractivity contribution in [3.8, 4) is 0 Å². The zero-order chi connectivity index (χ0) is 18.0. The fraction of sp³-hybridized carbons (Fsp3) is 0.316. The van der Waals surface area contributed by atoms with Crippen molar-refractivity contribution in [3.63, 3.8) is 0 Å². The third-order valence-corrected chi connectivity index (χ3v) is 6.06. The number of nitrogens with zero attached hydrogens (tertiary/aromatic N) is 1. The Morgan fingerprint density at radius 2 is 1.92 bits per heavy atom. The number of carbonyl (C=O) groups is 1. The van der Waals surface area contributed by atoms with Crippen molar-refractivity contribution in [2.45, 2.75) is 38.3 Å². The van der Waals surface area contributed by atoms with Gasteiger partial charge in [-0.1, -0.05) is 30.3 Å². The first-order valence-electron chi connectivity index (χ1n) is 8.28. The van der Waals surface area contributed by atoms with Crippen LogP contribution in [0.4, 0.5) is 0 Å². The van der Waals surface area contributed by atoms with Gasteiger partial charge >= 0.3 is 0 Å². The van der Waals surface area contributed by atoms with Crippen molar-refractivity contribution in [2.24, 2.45) is 0 Å². The summed E-state index contributed by atoms with van der Waals surface area (Å²) in [5.74, 6) is 0.0107. The third kappa shape index (κ3) is 3.91. The second-order valence-corrected chi connectivity index (χ2v) is 8.14. The second-order valence-electron chi connectivity index (χ2n) is 6.37. The quantitative estimate of drug-likeness (QED) is 0.912. The van der Waals surface area contributed by atoms with Crippen molar-refractivity contribution in [1.29, 1.82) is 0 Å². The molecule has 0 unspecified atom stereocenters. The summed E-state index contributed by atoms with van der Waals surface area (Å²) in [4.78, 5) is 13.6. The fourth-order valence-corrected chi connectivity index (χ4v) is 4.09. The Balaban J connectivity index is 1.80. The molecule has 3 rings (SSSR count). The van der Waals surface area contributed by atoms with Crippen molar-refractivity contribution >= 4 is 15.9 Å². The van der Waals surface area contributed by atoms with Gasteiger partial charge in [0.2, 0.25) is 15.9 Å². The first kappa shape index (κ1) is 17.6. The van der Waals surface area contributed by atoms with Crippen LogP contribution in [-0.2, 0) is 34.3 Å². The molecule has 1 aliphatic heterocycles. The van der Waals surface area contributed by atoms with Gasteiger partial charge in [-0.25, -0.2) is 13.1 Å². The number of benzene rings is 2. The molecule has 1 amide bonds. The van der Waals surface area contributed by atoms with Crippen molar-refractivity contribution in [2.75, 3.05) is 6.54 Å². The SMILES string of the molecule is CC(=O)N1CCc2ccc(S(=O)(=O)NCc3ccccc3C)cc2C1. The van der Waals surface area contributed by atoms with Crippen LogP contribution in [0, 0.1) is 6.92 Å². The van der Waals surface area contributed by atoms with E-state index in [1.54, 1.807) is 17.0 Å².